The van der Waals surface area contributed by atoms with Gasteiger partial charge in [-0.25, -0.2) is 4.39 Å². The topological polar surface area (TPSA) is 0 Å². The summed E-state index contributed by atoms with van der Waals surface area (Å²) in [5, 5.41) is 0.239. The van der Waals surface area contributed by atoms with Crippen molar-refractivity contribution < 1.29 is 4.39 Å². The van der Waals surface area contributed by atoms with Crippen molar-refractivity contribution in [2.45, 2.75) is 44.4 Å². The number of benzene rings is 1. The number of aryl methyl sites for hydroxylation is 1. The first-order chi connectivity index (χ1) is 7.63. The van der Waals surface area contributed by atoms with Crippen molar-refractivity contribution in [2.75, 3.05) is 0 Å². The van der Waals surface area contributed by atoms with E-state index in [2.05, 4.69) is 22.9 Å². The van der Waals surface area contributed by atoms with Crippen molar-refractivity contribution in [2.24, 2.45) is 0 Å². The monoisotopic (exact) mass is 306 g/mol. The molecular weight excluding hydrogens is 290 g/mol. The summed E-state index contributed by atoms with van der Waals surface area (Å²) in [5.41, 5.74) is 0.781. The zero-order chi connectivity index (χ0) is 12.0. The summed E-state index contributed by atoms with van der Waals surface area (Å²) < 4.78 is 14.2. The van der Waals surface area contributed by atoms with Crippen LogP contribution in [0.2, 0.25) is 0 Å². The lowest BCUT2D eigenvalue weighted by Crippen LogP contribution is -1.99. The second-order valence-corrected chi connectivity index (χ2v) is 5.55. The molecule has 0 fully saturated rings. The predicted octanol–water partition coefficient (Wildman–Crippen LogP) is 5.32. The van der Waals surface area contributed by atoms with E-state index in [0.717, 1.165) is 42.1 Å². The number of halogens is 3. The lowest BCUT2D eigenvalue weighted by Gasteiger charge is -2.08. The van der Waals surface area contributed by atoms with E-state index in [1.165, 1.54) is 6.07 Å². The molecular formula is C13H17BrClF. The van der Waals surface area contributed by atoms with Crippen molar-refractivity contribution in [3.63, 3.8) is 0 Å². The second-order valence-electron chi connectivity index (χ2n) is 4.01. The SMILES string of the molecule is CCCC(Cl)CCCc1ccc(Br)cc1F. The average Bonchev–Trinajstić information content (AvgIpc) is 2.22. The van der Waals surface area contributed by atoms with Crippen LogP contribution in [0.15, 0.2) is 22.7 Å². The Hall–Kier alpha value is -0.0800. The van der Waals surface area contributed by atoms with Crippen LogP contribution in [0, 0.1) is 5.82 Å². The summed E-state index contributed by atoms with van der Waals surface area (Å²) in [5.74, 6) is -0.129. The van der Waals surface area contributed by atoms with Crippen LogP contribution in [0.5, 0.6) is 0 Å². The van der Waals surface area contributed by atoms with E-state index in [4.69, 9.17) is 11.6 Å². The number of rotatable bonds is 6. The van der Waals surface area contributed by atoms with Crippen LogP contribution >= 0.6 is 27.5 Å². The van der Waals surface area contributed by atoms with E-state index in [1.807, 2.05) is 12.1 Å². The first-order valence-electron chi connectivity index (χ1n) is 5.71. The molecule has 0 radical (unpaired) electrons. The van der Waals surface area contributed by atoms with Crippen molar-refractivity contribution >= 4 is 27.5 Å². The normalized spacial score (nSPS) is 12.8. The van der Waals surface area contributed by atoms with Gasteiger partial charge >= 0.3 is 0 Å². The highest BCUT2D eigenvalue weighted by Gasteiger charge is 2.06. The molecule has 1 unspecified atom stereocenters. The molecule has 0 bridgehead atoms. The summed E-state index contributed by atoms with van der Waals surface area (Å²) >= 11 is 9.36. The average molecular weight is 308 g/mol. The zero-order valence-electron chi connectivity index (χ0n) is 9.48. The highest BCUT2D eigenvalue weighted by molar-refractivity contribution is 9.10. The van der Waals surface area contributed by atoms with Crippen LogP contribution < -0.4 is 0 Å². The molecule has 3 heteroatoms. The number of alkyl halides is 1. The van der Waals surface area contributed by atoms with Gasteiger partial charge in [-0.1, -0.05) is 35.3 Å². The maximum absolute atomic E-state index is 13.5. The molecule has 0 heterocycles. The molecule has 0 saturated carbocycles. The van der Waals surface area contributed by atoms with E-state index in [-0.39, 0.29) is 11.2 Å². The maximum Gasteiger partial charge on any atom is 0.127 e. The Labute approximate surface area is 110 Å². The summed E-state index contributed by atoms with van der Waals surface area (Å²) in [6.45, 7) is 2.13. The lowest BCUT2D eigenvalue weighted by atomic mass is 10.0. The molecule has 90 valence electrons. The Bertz CT molecular complexity index is 328. The third-order valence-corrected chi connectivity index (χ3v) is 3.51. The molecule has 0 aliphatic heterocycles. The van der Waals surface area contributed by atoms with Gasteiger partial charge in [-0.15, -0.1) is 11.6 Å². The molecule has 0 aliphatic rings. The van der Waals surface area contributed by atoms with Crippen LogP contribution in [-0.2, 0) is 6.42 Å². The molecule has 0 spiro atoms. The Morgan fingerprint density at radius 1 is 1.38 bits per heavy atom. The van der Waals surface area contributed by atoms with Gasteiger partial charge in [0.25, 0.3) is 0 Å². The van der Waals surface area contributed by atoms with E-state index in [9.17, 15) is 4.39 Å². The first kappa shape index (κ1) is 14.0. The van der Waals surface area contributed by atoms with Gasteiger partial charge in [0.05, 0.1) is 0 Å². The molecule has 0 nitrogen and oxygen atoms in total. The van der Waals surface area contributed by atoms with E-state index in [0.29, 0.717) is 0 Å². The van der Waals surface area contributed by atoms with Gasteiger partial charge in [-0.2, -0.15) is 0 Å². The lowest BCUT2D eigenvalue weighted by molar-refractivity contribution is 0.589. The molecule has 0 aliphatic carbocycles. The minimum Gasteiger partial charge on any atom is -0.207 e. The standard InChI is InChI=1S/C13H17BrClF/c1-2-4-12(15)6-3-5-10-7-8-11(14)9-13(10)16/h7-9,12H,2-6H2,1H3. The van der Waals surface area contributed by atoms with Gasteiger partial charge < -0.3 is 0 Å². The first-order valence-corrected chi connectivity index (χ1v) is 6.94. The minimum absolute atomic E-state index is 0.129. The third-order valence-electron chi connectivity index (χ3n) is 2.58. The van der Waals surface area contributed by atoms with Crippen LogP contribution in [0.3, 0.4) is 0 Å². The summed E-state index contributed by atoms with van der Waals surface area (Å²) in [7, 11) is 0. The highest BCUT2D eigenvalue weighted by Crippen LogP contribution is 2.19. The Morgan fingerprint density at radius 3 is 2.75 bits per heavy atom. The summed E-state index contributed by atoms with van der Waals surface area (Å²) in [6, 6.07) is 5.23. The Balaban J connectivity index is 2.37. The second kappa shape index (κ2) is 7.29. The molecule has 0 N–H and O–H groups in total. The van der Waals surface area contributed by atoms with Crippen LogP contribution in [0.25, 0.3) is 0 Å². The molecule has 1 rings (SSSR count). The van der Waals surface area contributed by atoms with Gasteiger partial charge in [0.2, 0.25) is 0 Å². The highest BCUT2D eigenvalue weighted by atomic mass is 79.9. The molecule has 0 amide bonds. The largest absolute Gasteiger partial charge is 0.207 e. The van der Waals surface area contributed by atoms with E-state index in [1.54, 1.807) is 0 Å². The van der Waals surface area contributed by atoms with Crippen molar-refractivity contribution in [3.05, 3.63) is 34.1 Å². The van der Waals surface area contributed by atoms with Gasteiger partial charge in [0.1, 0.15) is 5.82 Å². The summed E-state index contributed by atoms with van der Waals surface area (Å²) in [6.07, 6.45) is 4.84. The van der Waals surface area contributed by atoms with Crippen LogP contribution in [0.4, 0.5) is 4.39 Å². The zero-order valence-corrected chi connectivity index (χ0v) is 11.8. The summed E-state index contributed by atoms with van der Waals surface area (Å²) in [4.78, 5) is 0. The fourth-order valence-corrected chi connectivity index (χ4v) is 2.40. The molecule has 16 heavy (non-hydrogen) atoms. The number of hydrogen-bond donors (Lipinski definition) is 0. The van der Waals surface area contributed by atoms with Crippen molar-refractivity contribution in [3.8, 4) is 0 Å². The molecule has 1 aromatic carbocycles. The van der Waals surface area contributed by atoms with Crippen molar-refractivity contribution in [1.82, 2.24) is 0 Å². The van der Waals surface area contributed by atoms with E-state index >= 15 is 0 Å². The smallest absolute Gasteiger partial charge is 0.127 e. The number of hydrogen-bond acceptors (Lipinski definition) is 0. The molecule has 0 aromatic heterocycles. The van der Waals surface area contributed by atoms with Gasteiger partial charge in [0, 0.05) is 9.85 Å². The van der Waals surface area contributed by atoms with Crippen LogP contribution in [-0.4, -0.2) is 5.38 Å². The van der Waals surface area contributed by atoms with Gasteiger partial charge in [-0.3, -0.25) is 0 Å². The molecule has 1 atom stereocenters. The van der Waals surface area contributed by atoms with Gasteiger partial charge in [0.15, 0.2) is 0 Å². The predicted molar refractivity (Wildman–Crippen MR) is 71.6 cm³/mol. The quantitative estimate of drug-likeness (QED) is 0.624. The molecule has 0 saturated heterocycles. The van der Waals surface area contributed by atoms with Crippen molar-refractivity contribution in [1.29, 1.82) is 0 Å². The van der Waals surface area contributed by atoms with Crippen LogP contribution in [0.1, 0.15) is 38.2 Å². The Morgan fingerprint density at radius 2 is 2.12 bits per heavy atom. The third kappa shape index (κ3) is 4.84. The fraction of sp³-hybridized carbons (Fsp3) is 0.538. The van der Waals surface area contributed by atoms with Gasteiger partial charge in [-0.05, 0) is 43.4 Å². The minimum atomic E-state index is -0.129. The Kier molecular flexibility index (Phi) is 6.37. The molecule has 1 aromatic rings. The van der Waals surface area contributed by atoms with E-state index < -0.39 is 0 Å². The fourth-order valence-electron chi connectivity index (χ4n) is 1.70. The maximum atomic E-state index is 13.5.